The highest BCUT2D eigenvalue weighted by molar-refractivity contribution is 6.12. The Morgan fingerprint density at radius 2 is 2.04 bits per heavy atom. The summed E-state index contributed by atoms with van der Waals surface area (Å²) < 4.78 is 5.32. The molecule has 126 valence electrons. The van der Waals surface area contributed by atoms with Crippen LogP contribution in [0.1, 0.15) is 22.3 Å². The van der Waals surface area contributed by atoms with E-state index in [2.05, 4.69) is 24.0 Å². The van der Waals surface area contributed by atoms with Crippen molar-refractivity contribution >= 4 is 11.4 Å². The number of nitrogens with zero attached hydrogens (tertiary/aromatic N) is 3. The lowest BCUT2D eigenvalue weighted by atomic mass is 9.92. The van der Waals surface area contributed by atoms with Gasteiger partial charge in [0.15, 0.2) is 0 Å². The Morgan fingerprint density at radius 3 is 2.88 bits per heavy atom. The average Bonchev–Trinajstić information content (AvgIpc) is 2.81. The summed E-state index contributed by atoms with van der Waals surface area (Å²) in [6.45, 7) is 2.89. The van der Waals surface area contributed by atoms with Crippen molar-refractivity contribution in [3.05, 3.63) is 75.7 Å². The van der Waals surface area contributed by atoms with Gasteiger partial charge in [-0.2, -0.15) is 0 Å². The van der Waals surface area contributed by atoms with Crippen molar-refractivity contribution in [1.82, 2.24) is 5.01 Å². The summed E-state index contributed by atoms with van der Waals surface area (Å²) >= 11 is 0. The van der Waals surface area contributed by atoms with E-state index in [1.54, 1.807) is 12.1 Å². The number of hydrogen-bond acceptors (Lipinski definition) is 3. The zero-order valence-electron chi connectivity index (χ0n) is 14.4. The number of aryl methyl sites for hydroxylation is 1. The van der Waals surface area contributed by atoms with Gasteiger partial charge in [-0.3, -0.25) is 0 Å². The van der Waals surface area contributed by atoms with Gasteiger partial charge in [-0.1, -0.05) is 30.3 Å². The van der Waals surface area contributed by atoms with Gasteiger partial charge in [0.25, 0.3) is 0 Å². The molecule has 2 aliphatic rings. The van der Waals surface area contributed by atoms with E-state index in [4.69, 9.17) is 4.74 Å². The van der Waals surface area contributed by atoms with Crippen molar-refractivity contribution in [2.24, 2.45) is 4.99 Å². The lowest BCUT2D eigenvalue weighted by molar-refractivity contribution is -0.687. The minimum absolute atomic E-state index is 0.0910. The second-order valence-electron chi connectivity index (χ2n) is 6.27. The summed E-state index contributed by atoms with van der Waals surface area (Å²) in [5.41, 5.74) is 6.35. The maximum absolute atomic E-state index is 12.5. The first-order chi connectivity index (χ1) is 12.2. The smallest absolute Gasteiger partial charge is 0.317 e. The molecule has 0 aromatic heterocycles. The number of rotatable bonds is 2. The number of hydrazine groups is 1. The van der Waals surface area contributed by atoms with Crippen molar-refractivity contribution in [1.29, 1.82) is 0 Å². The number of allylic oxidation sites excluding steroid dienone is 1. The molecule has 0 amide bonds. The standard InChI is InChI=1S/C20H20N3O2/c1-14-5-3-8-18-17(14)9-10-22-20(18)12-19(21-13-23(22)24)15-6-4-7-16(11-15)25-2/h3-8,11-12H,9-10,13H2,1-2H3/q+1. The fourth-order valence-corrected chi connectivity index (χ4v) is 3.48. The monoisotopic (exact) mass is 334 g/mol. The SMILES string of the molecule is COc1cccc(C2=NC[N+](=O)N3CCc4c(C)cccc4C3=C2)c1. The third-order valence-corrected chi connectivity index (χ3v) is 4.81. The maximum atomic E-state index is 12.5. The Kier molecular flexibility index (Phi) is 3.84. The lowest BCUT2D eigenvalue weighted by Gasteiger charge is -2.25. The number of nitroso groups, excluding NO2 is 1. The van der Waals surface area contributed by atoms with Crippen molar-refractivity contribution in [2.45, 2.75) is 13.3 Å². The molecule has 0 saturated carbocycles. The van der Waals surface area contributed by atoms with Crippen LogP contribution >= 0.6 is 0 Å². The van der Waals surface area contributed by atoms with Crippen LogP contribution in [-0.4, -0.2) is 35.9 Å². The van der Waals surface area contributed by atoms with Crippen LogP contribution in [0.2, 0.25) is 0 Å². The molecule has 5 heteroatoms. The fourth-order valence-electron chi connectivity index (χ4n) is 3.48. The molecule has 0 saturated heterocycles. The molecule has 4 rings (SSSR count). The van der Waals surface area contributed by atoms with E-state index >= 15 is 0 Å². The lowest BCUT2D eigenvalue weighted by Crippen LogP contribution is -2.36. The molecule has 0 radical (unpaired) electrons. The van der Waals surface area contributed by atoms with E-state index in [1.165, 1.54) is 11.1 Å². The Morgan fingerprint density at radius 1 is 1.20 bits per heavy atom. The molecule has 2 aliphatic heterocycles. The highest BCUT2D eigenvalue weighted by Crippen LogP contribution is 2.32. The summed E-state index contributed by atoms with van der Waals surface area (Å²) in [4.78, 5) is 18.0. The van der Waals surface area contributed by atoms with Crippen LogP contribution in [0, 0.1) is 11.8 Å². The Labute approximate surface area is 146 Å². The van der Waals surface area contributed by atoms with E-state index in [1.807, 2.05) is 36.4 Å². The number of fused-ring (bicyclic) bond motifs is 3. The maximum Gasteiger partial charge on any atom is 0.317 e. The van der Waals surface area contributed by atoms with Crippen LogP contribution in [0.3, 0.4) is 0 Å². The van der Waals surface area contributed by atoms with E-state index in [9.17, 15) is 4.91 Å². The first-order valence-electron chi connectivity index (χ1n) is 8.39. The van der Waals surface area contributed by atoms with E-state index in [0.717, 1.165) is 39.6 Å². The predicted octanol–water partition coefficient (Wildman–Crippen LogP) is 3.36. The molecule has 0 aliphatic carbocycles. The second kappa shape index (κ2) is 6.16. The summed E-state index contributed by atoms with van der Waals surface area (Å²) in [6, 6.07) is 14.0. The summed E-state index contributed by atoms with van der Waals surface area (Å²) in [7, 11) is 1.65. The zero-order valence-corrected chi connectivity index (χ0v) is 14.4. The van der Waals surface area contributed by atoms with Gasteiger partial charge < -0.3 is 4.74 Å². The number of methoxy groups -OCH3 is 1. The van der Waals surface area contributed by atoms with Crippen LogP contribution < -0.4 is 4.74 Å². The first-order valence-corrected chi connectivity index (χ1v) is 8.39. The van der Waals surface area contributed by atoms with Gasteiger partial charge in [0.2, 0.25) is 0 Å². The molecule has 2 aromatic rings. The zero-order chi connectivity index (χ0) is 17.4. The van der Waals surface area contributed by atoms with Gasteiger partial charge in [-0.05, 0) is 42.7 Å². The van der Waals surface area contributed by atoms with Crippen LogP contribution in [0.4, 0.5) is 0 Å². The summed E-state index contributed by atoms with van der Waals surface area (Å²) in [5.74, 6) is 0.776. The number of ether oxygens (including phenoxy) is 1. The van der Waals surface area contributed by atoms with E-state index in [0.29, 0.717) is 6.54 Å². The van der Waals surface area contributed by atoms with Gasteiger partial charge in [0.1, 0.15) is 16.3 Å². The predicted molar refractivity (Wildman–Crippen MR) is 97.6 cm³/mol. The van der Waals surface area contributed by atoms with Gasteiger partial charge in [-0.25, -0.2) is 4.99 Å². The third kappa shape index (κ3) is 2.71. The molecule has 5 nitrogen and oxygen atoms in total. The quantitative estimate of drug-likeness (QED) is 0.791. The van der Waals surface area contributed by atoms with E-state index < -0.39 is 0 Å². The first kappa shape index (κ1) is 15.6. The van der Waals surface area contributed by atoms with Crippen LogP contribution in [0.25, 0.3) is 5.70 Å². The summed E-state index contributed by atoms with van der Waals surface area (Å²) in [6.07, 6.45) is 2.89. The molecule has 0 fully saturated rings. The van der Waals surface area contributed by atoms with Gasteiger partial charge in [0, 0.05) is 11.1 Å². The van der Waals surface area contributed by atoms with Crippen molar-refractivity contribution in [2.75, 3.05) is 20.3 Å². The molecule has 0 unspecified atom stereocenters. The molecule has 2 aromatic carbocycles. The largest absolute Gasteiger partial charge is 0.497 e. The molecule has 2 heterocycles. The normalized spacial score (nSPS) is 16.4. The number of hydrogen-bond donors (Lipinski definition) is 0. The Balaban J connectivity index is 1.86. The molecule has 0 bridgehead atoms. The Hall–Kier alpha value is -2.95. The average molecular weight is 334 g/mol. The highest BCUT2D eigenvalue weighted by Gasteiger charge is 2.33. The fraction of sp³-hybridized carbons (Fsp3) is 0.250. The van der Waals surface area contributed by atoms with Gasteiger partial charge in [0.05, 0.1) is 24.3 Å². The number of benzene rings is 2. The number of aliphatic imine (C=N–C) groups is 1. The molecular formula is C20H20N3O2+. The minimum atomic E-state index is 0.0910. The van der Waals surface area contributed by atoms with Crippen molar-refractivity contribution in [3.8, 4) is 5.75 Å². The van der Waals surface area contributed by atoms with Gasteiger partial charge >= 0.3 is 6.67 Å². The van der Waals surface area contributed by atoms with Crippen molar-refractivity contribution < 1.29 is 9.61 Å². The van der Waals surface area contributed by atoms with E-state index in [-0.39, 0.29) is 6.67 Å². The van der Waals surface area contributed by atoms with Crippen molar-refractivity contribution in [3.63, 3.8) is 0 Å². The van der Waals surface area contributed by atoms with Gasteiger partial charge in [-0.15, -0.1) is 5.01 Å². The Bertz CT molecular complexity index is 915. The molecule has 25 heavy (non-hydrogen) atoms. The molecule has 0 spiro atoms. The van der Waals surface area contributed by atoms with Crippen LogP contribution in [-0.2, 0) is 6.42 Å². The summed E-state index contributed by atoms with van der Waals surface area (Å²) in [5, 5.41) is 1.79. The molecule has 0 N–H and O–H groups in total. The highest BCUT2D eigenvalue weighted by atomic mass is 16.5. The minimum Gasteiger partial charge on any atom is -0.497 e. The molecular weight excluding hydrogens is 314 g/mol. The molecule has 0 atom stereocenters. The second-order valence-corrected chi connectivity index (χ2v) is 6.27. The van der Waals surface area contributed by atoms with Crippen LogP contribution in [0.15, 0.2) is 53.5 Å². The van der Waals surface area contributed by atoms with Crippen LogP contribution in [0.5, 0.6) is 5.75 Å². The topological polar surface area (TPSA) is 44.9 Å². The third-order valence-electron chi connectivity index (χ3n) is 4.81.